The van der Waals surface area contributed by atoms with E-state index in [0.717, 1.165) is 5.56 Å². The van der Waals surface area contributed by atoms with Crippen molar-refractivity contribution in [3.8, 4) is 11.6 Å². The molecule has 0 radical (unpaired) electrons. The van der Waals surface area contributed by atoms with Crippen molar-refractivity contribution in [2.24, 2.45) is 7.05 Å². The third-order valence-electron chi connectivity index (χ3n) is 2.15. The molecule has 0 aromatic carbocycles. The summed E-state index contributed by atoms with van der Waals surface area (Å²) in [5.74, 6) is 2.12. The first kappa shape index (κ1) is 10.4. The molecule has 84 valence electrons. The number of aromatic nitrogens is 4. The summed E-state index contributed by atoms with van der Waals surface area (Å²) < 4.78 is 7.23. The molecule has 0 aliphatic heterocycles. The summed E-state index contributed by atoms with van der Waals surface area (Å²) in [6, 6.07) is 0. The molecule has 0 saturated heterocycles. The van der Waals surface area contributed by atoms with Gasteiger partial charge in [-0.05, 0) is 13.8 Å². The molecule has 0 atom stereocenters. The molecular weight excluding hydrogens is 206 g/mol. The molecule has 0 amide bonds. The van der Waals surface area contributed by atoms with Crippen LogP contribution in [-0.4, -0.2) is 19.7 Å². The molecule has 2 N–H and O–H groups in total. The third-order valence-corrected chi connectivity index (χ3v) is 2.15. The van der Waals surface area contributed by atoms with Gasteiger partial charge in [0.2, 0.25) is 5.88 Å². The van der Waals surface area contributed by atoms with E-state index in [9.17, 15) is 0 Å². The topological polar surface area (TPSA) is 78.9 Å². The van der Waals surface area contributed by atoms with Crippen molar-refractivity contribution >= 4 is 5.82 Å². The summed E-state index contributed by atoms with van der Waals surface area (Å²) in [5.41, 5.74) is 6.46. The average Bonchev–Trinajstić information content (AvgIpc) is 2.60. The SMILES string of the molecule is Cc1nc(N)c(C)c(Oc2cnn(C)c2)n1. The van der Waals surface area contributed by atoms with Crippen LogP contribution in [0.25, 0.3) is 0 Å². The van der Waals surface area contributed by atoms with Crippen LogP contribution in [0.2, 0.25) is 0 Å². The van der Waals surface area contributed by atoms with Gasteiger partial charge in [-0.15, -0.1) is 0 Å². The molecule has 6 nitrogen and oxygen atoms in total. The Labute approximate surface area is 93.1 Å². The molecule has 16 heavy (non-hydrogen) atoms. The zero-order valence-electron chi connectivity index (χ0n) is 9.43. The molecule has 2 heterocycles. The van der Waals surface area contributed by atoms with Gasteiger partial charge in [0.25, 0.3) is 0 Å². The Hall–Kier alpha value is -2.11. The van der Waals surface area contributed by atoms with Crippen LogP contribution in [0.1, 0.15) is 11.4 Å². The van der Waals surface area contributed by atoms with Gasteiger partial charge in [0.1, 0.15) is 11.6 Å². The largest absolute Gasteiger partial charge is 0.435 e. The second kappa shape index (κ2) is 3.80. The summed E-state index contributed by atoms with van der Waals surface area (Å²) in [6.07, 6.45) is 3.38. The average molecular weight is 219 g/mol. The van der Waals surface area contributed by atoms with Crippen molar-refractivity contribution in [1.82, 2.24) is 19.7 Å². The molecule has 0 aliphatic carbocycles. The molecule has 0 unspecified atom stereocenters. The molecule has 0 bridgehead atoms. The summed E-state index contributed by atoms with van der Waals surface area (Å²) >= 11 is 0. The Morgan fingerprint density at radius 2 is 2.06 bits per heavy atom. The van der Waals surface area contributed by atoms with Crippen LogP contribution in [0.15, 0.2) is 12.4 Å². The Bertz CT molecular complexity index is 520. The molecule has 2 aromatic rings. The number of nitrogens with two attached hydrogens (primary N) is 1. The van der Waals surface area contributed by atoms with E-state index in [1.165, 1.54) is 0 Å². The van der Waals surface area contributed by atoms with Gasteiger partial charge in [0.05, 0.1) is 18.0 Å². The standard InChI is InChI=1S/C10H13N5O/c1-6-9(11)13-7(2)14-10(6)16-8-4-12-15(3)5-8/h4-5H,1-3H3,(H2,11,13,14). The number of aryl methyl sites for hydroxylation is 2. The first-order valence-electron chi connectivity index (χ1n) is 4.83. The van der Waals surface area contributed by atoms with Crippen molar-refractivity contribution in [3.63, 3.8) is 0 Å². The monoisotopic (exact) mass is 219 g/mol. The van der Waals surface area contributed by atoms with Crippen LogP contribution in [0, 0.1) is 13.8 Å². The molecular formula is C10H13N5O. The first-order chi connectivity index (χ1) is 7.56. The zero-order chi connectivity index (χ0) is 11.7. The van der Waals surface area contributed by atoms with E-state index in [0.29, 0.717) is 23.3 Å². The van der Waals surface area contributed by atoms with E-state index in [4.69, 9.17) is 10.5 Å². The third kappa shape index (κ3) is 1.95. The maximum Gasteiger partial charge on any atom is 0.227 e. The maximum absolute atomic E-state index is 5.73. The number of nitrogen functional groups attached to an aromatic ring is 1. The molecule has 6 heteroatoms. The molecule has 2 rings (SSSR count). The smallest absolute Gasteiger partial charge is 0.227 e. The van der Waals surface area contributed by atoms with Crippen molar-refractivity contribution < 1.29 is 4.74 Å². The van der Waals surface area contributed by atoms with Gasteiger partial charge >= 0.3 is 0 Å². The van der Waals surface area contributed by atoms with Crippen molar-refractivity contribution in [2.75, 3.05) is 5.73 Å². The second-order valence-electron chi connectivity index (χ2n) is 3.54. The van der Waals surface area contributed by atoms with Gasteiger partial charge < -0.3 is 10.5 Å². The summed E-state index contributed by atoms with van der Waals surface area (Å²) in [7, 11) is 1.82. The molecule has 0 spiro atoms. The molecule has 0 aliphatic rings. The summed E-state index contributed by atoms with van der Waals surface area (Å²) in [5, 5.41) is 4.00. The number of ether oxygens (including phenoxy) is 1. The van der Waals surface area contributed by atoms with Gasteiger partial charge in [-0.25, -0.2) is 4.98 Å². The highest BCUT2D eigenvalue weighted by Crippen LogP contribution is 2.24. The predicted octanol–water partition coefficient (Wildman–Crippen LogP) is 1.20. The van der Waals surface area contributed by atoms with Crippen LogP contribution in [-0.2, 0) is 7.05 Å². The van der Waals surface area contributed by atoms with Gasteiger partial charge in [-0.3, -0.25) is 4.68 Å². The van der Waals surface area contributed by atoms with E-state index in [-0.39, 0.29) is 0 Å². The molecule has 2 aromatic heterocycles. The van der Waals surface area contributed by atoms with E-state index in [1.807, 2.05) is 14.0 Å². The van der Waals surface area contributed by atoms with Crippen LogP contribution in [0.5, 0.6) is 11.6 Å². The lowest BCUT2D eigenvalue weighted by molar-refractivity contribution is 0.455. The Balaban J connectivity index is 2.34. The summed E-state index contributed by atoms with van der Waals surface area (Å²) in [6.45, 7) is 3.59. The fourth-order valence-corrected chi connectivity index (χ4v) is 1.29. The number of rotatable bonds is 2. The highest BCUT2D eigenvalue weighted by atomic mass is 16.5. The van der Waals surface area contributed by atoms with Gasteiger partial charge in [-0.1, -0.05) is 0 Å². The van der Waals surface area contributed by atoms with Crippen molar-refractivity contribution in [1.29, 1.82) is 0 Å². The molecule has 0 saturated carbocycles. The fourth-order valence-electron chi connectivity index (χ4n) is 1.29. The van der Waals surface area contributed by atoms with E-state index in [1.54, 1.807) is 24.0 Å². The van der Waals surface area contributed by atoms with Gasteiger partial charge in [-0.2, -0.15) is 10.1 Å². The van der Waals surface area contributed by atoms with Gasteiger partial charge in [0.15, 0.2) is 5.75 Å². The maximum atomic E-state index is 5.73. The summed E-state index contributed by atoms with van der Waals surface area (Å²) in [4.78, 5) is 8.23. The number of hydrogen-bond acceptors (Lipinski definition) is 5. The lowest BCUT2D eigenvalue weighted by Crippen LogP contribution is -2.02. The Kier molecular flexibility index (Phi) is 2.47. The van der Waals surface area contributed by atoms with Crippen molar-refractivity contribution in [2.45, 2.75) is 13.8 Å². The van der Waals surface area contributed by atoms with Crippen LogP contribution < -0.4 is 10.5 Å². The minimum absolute atomic E-state index is 0.436. The highest BCUT2D eigenvalue weighted by molar-refractivity contribution is 5.45. The predicted molar refractivity (Wildman–Crippen MR) is 59.2 cm³/mol. The number of nitrogens with zero attached hydrogens (tertiary/aromatic N) is 4. The quantitative estimate of drug-likeness (QED) is 0.821. The normalized spacial score (nSPS) is 10.4. The van der Waals surface area contributed by atoms with Crippen molar-refractivity contribution in [3.05, 3.63) is 23.8 Å². The van der Waals surface area contributed by atoms with E-state index >= 15 is 0 Å². The second-order valence-corrected chi connectivity index (χ2v) is 3.54. The first-order valence-corrected chi connectivity index (χ1v) is 4.83. The van der Waals surface area contributed by atoms with E-state index in [2.05, 4.69) is 15.1 Å². The molecule has 0 fully saturated rings. The zero-order valence-corrected chi connectivity index (χ0v) is 9.43. The lowest BCUT2D eigenvalue weighted by atomic mass is 10.3. The van der Waals surface area contributed by atoms with E-state index < -0.39 is 0 Å². The number of anilines is 1. The fraction of sp³-hybridized carbons (Fsp3) is 0.300. The van der Waals surface area contributed by atoms with Gasteiger partial charge in [0, 0.05) is 7.05 Å². The number of hydrogen-bond donors (Lipinski definition) is 1. The van der Waals surface area contributed by atoms with Crippen LogP contribution in [0.4, 0.5) is 5.82 Å². The Morgan fingerprint density at radius 3 is 2.69 bits per heavy atom. The van der Waals surface area contributed by atoms with Crippen LogP contribution >= 0.6 is 0 Å². The minimum atomic E-state index is 0.436. The lowest BCUT2D eigenvalue weighted by Gasteiger charge is -2.07. The highest BCUT2D eigenvalue weighted by Gasteiger charge is 2.09. The minimum Gasteiger partial charge on any atom is -0.435 e. The Morgan fingerprint density at radius 1 is 1.31 bits per heavy atom. The van der Waals surface area contributed by atoms with Crippen LogP contribution in [0.3, 0.4) is 0 Å².